The summed E-state index contributed by atoms with van der Waals surface area (Å²) in [6.07, 6.45) is 1.77. The second kappa shape index (κ2) is 4.12. The number of benzene rings is 1. The molecule has 0 spiro atoms. The molecule has 0 aliphatic heterocycles. The molecule has 0 bridgehead atoms. The summed E-state index contributed by atoms with van der Waals surface area (Å²) in [7, 11) is 0. The van der Waals surface area contributed by atoms with Crippen LogP contribution in [0.3, 0.4) is 0 Å². The van der Waals surface area contributed by atoms with E-state index in [4.69, 9.17) is 5.84 Å². The Labute approximate surface area is 102 Å². The van der Waals surface area contributed by atoms with Crippen LogP contribution < -0.4 is 11.3 Å². The van der Waals surface area contributed by atoms with Crippen molar-refractivity contribution < 1.29 is 0 Å². The van der Waals surface area contributed by atoms with E-state index in [0.29, 0.717) is 5.82 Å². The minimum Gasteiger partial charge on any atom is -0.308 e. The van der Waals surface area contributed by atoms with Gasteiger partial charge in [-0.25, -0.2) is 15.8 Å². The predicted molar refractivity (Wildman–Crippen MR) is 70.7 cm³/mol. The summed E-state index contributed by atoms with van der Waals surface area (Å²) in [4.78, 5) is 8.74. The molecule has 0 aliphatic carbocycles. The highest BCUT2D eigenvalue weighted by atomic mass is 32.1. The van der Waals surface area contributed by atoms with Gasteiger partial charge in [0, 0.05) is 11.8 Å². The Morgan fingerprint density at radius 1 is 1.12 bits per heavy atom. The Morgan fingerprint density at radius 2 is 2.00 bits per heavy atom. The predicted octanol–water partition coefficient (Wildman–Crippen LogP) is 2.64. The average Bonchev–Trinajstić information content (AvgIpc) is 2.82. The maximum absolute atomic E-state index is 5.27. The molecule has 5 heteroatoms. The van der Waals surface area contributed by atoms with Crippen molar-refractivity contribution >= 4 is 27.4 Å². The number of nitrogens with zero attached hydrogens (tertiary/aromatic N) is 2. The van der Waals surface area contributed by atoms with E-state index in [9.17, 15) is 0 Å². The van der Waals surface area contributed by atoms with Gasteiger partial charge < -0.3 is 5.43 Å². The van der Waals surface area contributed by atoms with Crippen LogP contribution in [0.25, 0.3) is 20.8 Å². The number of rotatable bonds is 2. The van der Waals surface area contributed by atoms with E-state index in [-0.39, 0.29) is 0 Å². The SMILES string of the molecule is NNc1ccc(-c2nc3ccccc3s2)cn1. The molecule has 1 aromatic carbocycles. The second-order valence-electron chi connectivity index (χ2n) is 3.56. The molecule has 0 aliphatic rings. The minimum atomic E-state index is 0.648. The lowest BCUT2D eigenvalue weighted by Gasteiger charge is -1.98. The smallest absolute Gasteiger partial charge is 0.139 e. The lowest BCUT2D eigenvalue weighted by Crippen LogP contribution is -2.07. The summed E-state index contributed by atoms with van der Waals surface area (Å²) in [6.45, 7) is 0. The molecule has 0 saturated heterocycles. The number of thiazole rings is 1. The number of aromatic nitrogens is 2. The number of hydrogen-bond donors (Lipinski definition) is 2. The normalized spacial score (nSPS) is 10.6. The van der Waals surface area contributed by atoms with Crippen molar-refractivity contribution in [1.82, 2.24) is 9.97 Å². The Bertz CT molecular complexity index is 612. The van der Waals surface area contributed by atoms with Crippen molar-refractivity contribution in [3.63, 3.8) is 0 Å². The first kappa shape index (κ1) is 10.2. The van der Waals surface area contributed by atoms with E-state index >= 15 is 0 Å². The quantitative estimate of drug-likeness (QED) is 0.535. The Morgan fingerprint density at radius 3 is 2.71 bits per heavy atom. The topological polar surface area (TPSA) is 63.8 Å². The molecule has 3 rings (SSSR count). The molecule has 0 amide bonds. The number of nitrogens with one attached hydrogen (secondary N) is 1. The van der Waals surface area contributed by atoms with E-state index < -0.39 is 0 Å². The molecular formula is C12H10N4S. The fourth-order valence-corrected chi connectivity index (χ4v) is 2.56. The molecule has 17 heavy (non-hydrogen) atoms. The molecule has 2 aromatic heterocycles. The van der Waals surface area contributed by atoms with Gasteiger partial charge >= 0.3 is 0 Å². The standard InChI is InChI=1S/C12H10N4S/c13-16-11-6-5-8(7-14-11)12-15-9-3-1-2-4-10(9)17-12/h1-7H,13H2,(H,14,16). The van der Waals surface area contributed by atoms with Gasteiger partial charge in [0.15, 0.2) is 0 Å². The van der Waals surface area contributed by atoms with Crippen molar-refractivity contribution in [1.29, 1.82) is 0 Å². The van der Waals surface area contributed by atoms with Crippen LogP contribution in [0.1, 0.15) is 0 Å². The molecular weight excluding hydrogens is 232 g/mol. The van der Waals surface area contributed by atoms with Crippen LogP contribution in [0.15, 0.2) is 42.6 Å². The van der Waals surface area contributed by atoms with Gasteiger partial charge in [0.25, 0.3) is 0 Å². The maximum Gasteiger partial charge on any atom is 0.139 e. The number of pyridine rings is 1. The highest BCUT2D eigenvalue weighted by molar-refractivity contribution is 7.21. The van der Waals surface area contributed by atoms with Crippen LogP contribution >= 0.6 is 11.3 Å². The molecule has 0 saturated carbocycles. The monoisotopic (exact) mass is 242 g/mol. The molecule has 4 nitrogen and oxygen atoms in total. The van der Waals surface area contributed by atoms with Crippen molar-refractivity contribution in [2.75, 3.05) is 5.43 Å². The van der Waals surface area contributed by atoms with Crippen LogP contribution in [-0.2, 0) is 0 Å². The van der Waals surface area contributed by atoms with Crippen molar-refractivity contribution in [3.05, 3.63) is 42.6 Å². The summed E-state index contributed by atoms with van der Waals surface area (Å²) < 4.78 is 1.18. The Hall–Kier alpha value is -1.98. The van der Waals surface area contributed by atoms with Gasteiger partial charge in [-0.2, -0.15) is 0 Å². The zero-order valence-electron chi connectivity index (χ0n) is 8.92. The largest absolute Gasteiger partial charge is 0.308 e. The fraction of sp³-hybridized carbons (Fsp3) is 0. The molecule has 0 radical (unpaired) electrons. The molecule has 0 atom stereocenters. The van der Waals surface area contributed by atoms with Gasteiger partial charge in [-0.1, -0.05) is 12.1 Å². The van der Waals surface area contributed by atoms with Gasteiger partial charge in [-0.15, -0.1) is 11.3 Å². The number of nitrogen functional groups attached to an aromatic ring is 1. The third-order valence-corrected chi connectivity index (χ3v) is 3.54. The zero-order valence-corrected chi connectivity index (χ0v) is 9.74. The zero-order chi connectivity index (χ0) is 11.7. The summed E-state index contributed by atoms with van der Waals surface area (Å²) >= 11 is 1.66. The van der Waals surface area contributed by atoms with Gasteiger partial charge in [0.2, 0.25) is 0 Å². The Balaban J connectivity index is 2.07. The van der Waals surface area contributed by atoms with Crippen LogP contribution in [0.5, 0.6) is 0 Å². The van der Waals surface area contributed by atoms with Gasteiger partial charge in [0.05, 0.1) is 10.2 Å². The molecule has 0 unspecified atom stereocenters. The average molecular weight is 242 g/mol. The lowest BCUT2D eigenvalue weighted by atomic mass is 10.3. The highest BCUT2D eigenvalue weighted by Gasteiger charge is 2.05. The number of para-hydroxylation sites is 1. The van der Waals surface area contributed by atoms with Crippen LogP contribution in [0, 0.1) is 0 Å². The van der Waals surface area contributed by atoms with Crippen molar-refractivity contribution in [2.45, 2.75) is 0 Å². The summed E-state index contributed by atoms with van der Waals surface area (Å²) in [6, 6.07) is 11.9. The number of anilines is 1. The Kier molecular flexibility index (Phi) is 2.47. The number of hydrazine groups is 1. The summed E-state index contributed by atoms with van der Waals surface area (Å²) in [5.41, 5.74) is 4.53. The van der Waals surface area contributed by atoms with E-state index in [2.05, 4.69) is 21.5 Å². The fourth-order valence-electron chi connectivity index (χ4n) is 1.60. The number of fused-ring (bicyclic) bond motifs is 1. The van der Waals surface area contributed by atoms with Crippen LogP contribution in [0.4, 0.5) is 5.82 Å². The van der Waals surface area contributed by atoms with Crippen LogP contribution in [0.2, 0.25) is 0 Å². The first-order valence-electron chi connectivity index (χ1n) is 5.15. The van der Waals surface area contributed by atoms with E-state index in [0.717, 1.165) is 16.1 Å². The van der Waals surface area contributed by atoms with Gasteiger partial charge in [-0.3, -0.25) is 0 Å². The van der Waals surface area contributed by atoms with Gasteiger partial charge in [0.1, 0.15) is 10.8 Å². The van der Waals surface area contributed by atoms with Gasteiger partial charge in [-0.05, 0) is 24.3 Å². The third kappa shape index (κ3) is 1.86. The number of nitrogens with two attached hydrogens (primary N) is 1. The lowest BCUT2D eigenvalue weighted by molar-refractivity contribution is 1.23. The first-order chi connectivity index (χ1) is 8.36. The minimum absolute atomic E-state index is 0.648. The molecule has 3 aromatic rings. The second-order valence-corrected chi connectivity index (χ2v) is 4.59. The molecule has 3 N–H and O–H groups in total. The van der Waals surface area contributed by atoms with E-state index in [1.165, 1.54) is 4.70 Å². The maximum atomic E-state index is 5.27. The summed E-state index contributed by atoms with van der Waals surface area (Å²) in [5.74, 6) is 5.92. The van der Waals surface area contributed by atoms with E-state index in [1.807, 2.05) is 30.3 Å². The molecule has 84 valence electrons. The van der Waals surface area contributed by atoms with Crippen molar-refractivity contribution in [3.8, 4) is 10.6 Å². The van der Waals surface area contributed by atoms with E-state index in [1.54, 1.807) is 17.5 Å². The molecule has 0 fully saturated rings. The summed E-state index contributed by atoms with van der Waals surface area (Å²) in [5, 5.41) is 0.974. The third-order valence-electron chi connectivity index (χ3n) is 2.45. The molecule has 2 heterocycles. The van der Waals surface area contributed by atoms with Crippen LogP contribution in [-0.4, -0.2) is 9.97 Å². The first-order valence-corrected chi connectivity index (χ1v) is 5.97. The highest BCUT2D eigenvalue weighted by Crippen LogP contribution is 2.29. The van der Waals surface area contributed by atoms with Crippen molar-refractivity contribution in [2.24, 2.45) is 5.84 Å². The number of hydrogen-bond acceptors (Lipinski definition) is 5.